The number of ether oxygens (including phenoxy) is 1. The molecule has 2 aromatic carbocycles. The Balaban J connectivity index is 2.48. The lowest BCUT2D eigenvalue weighted by molar-refractivity contribution is -0.388. The summed E-state index contributed by atoms with van der Waals surface area (Å²) in [6.07, 6.45) is -10.2. The summed E-state index contributed by atoms with van der Waals surface area (Å²) < 4.78 is 108. The van der Waals surface area contributed by atoms with Crippen LogP contribution in [0.3, 0.4) is 0 Å². The molecule has 0 aliphatic rings. The van der Waals surface area contributed by atoms with Crippen molar-refractivity contribution in [3.05, 3.63) is 63.2 Å². The van der Waals surface area contributed by atoms with Crippen molar-refractivity contribution in [3.63, 3.8) is 0 Å². The molecule has 0 radical (unpaired) electrons. The molecule has 12 heteroatoms. The number of hydrogen-bond acceptors (Lipinski definition) is 3. The van der Waals surface area contributed by atoms with E-state index in [1.165, 1.54) is 0 Å². The van der Waals surface area contributed by atoms with Crippen LogP contribution in [0.25, 0.3) is 0 Å². The second kappa shape index (κ2) is 6.42. The lowest BCUT2D eigenvalue weighted by atomic mass is 10.1. The molecule has 0 N–H and O–H groups in total. The molecule has 4 nitrogen and oxygen atoms in total. The Labute approximate surface area is 138 Å². The molecule has 0 saturated heterocycles. The number of benzene rings is 2. The first kappa shape index (κ1) is 19.4. The number of nitro benzene ring substituents is 1. The highest BCUT2D eigenvalue weighted by Crippen LogP contribution is 2.40. The summed E-state index contributed by atoms with van der Waals surface area (Å²) in [7, 11) is 0. The van der Waals surface area contributed by atoms with Gasteiger partial charge in [0.1, 0.15) is 11.3 Å². The molecule has 2 rings (SSSR count). The monoisotopic (exact) mass is 387 g/mol. The summed E-state index contributed by atoms with van der Waals surface area (Å²) in [5.41, 5.74) is -4.76. The highest BCUT2D eigenvalue weighted by atomic mass is 19.4. The van der Waals surface area contributed by atoms with Crippen LogP contribution in [0.15, 0.2) is 30.3 Å². The average molecular weight is 387 g/mol. The predicted molar refractivity (Wildman–Crippen MR) is 69.5 cm³/mol. The minimum Gasteiger partial charge on any atom is -0.451 e. The van der Waals surface area contributed by atoms with Gasteiger partial charge in [-0.1, -0.05) is 0 Å². The molecule has 140 valence electrons. The molecule has 0 fully saturated rings. The number of alkyl halides is 6. The van der Waals surface area contributed by atoms with E-state index in [1.54, 1.807) is 0 Å². The minimum atomic E-state index is -5.18. The minimum absolute atomic E-state index is 0.103. The second-order valence-corrected chi connectivity index (χ2v) is 4.80. The molecule has 0 unspecified atom stereocenters. The molecule has 26 heavy (non-hydrogen) atoms. The molecule has 0 heterocycles. The van der Waals surface area contributed by atoms with Crippen LogP contribution in [0.2, 0.25) is 0 Å². The normalized spacial score (nSPS) is 12.2. The van der Waals surface area contributed by atoms with E-state index >= 15 is 0 Å². The fourth-order valence-electron chi connectivity index (χ4n) is 1.90. The Bertz CT molecular complexity index is 837. The molecule has 0 amide bonds. The smallest absolute Gasteiger partial charge is 0.423 e. The first-order valence-electron chi connectivity index (χ1n) is 6.40. The maximum atomic E-state index is 13.7. The van der Waals surface area contributed by atoms with Crippen LogP contribution in [0, 0.1) is 21.7 Å². The SMILES string of the molecule is O=[N+]([O-])c1ccc(Oc2c(F)cc(C(F)(F)F)cc2F)cc1C(F)(F)F. The Kier molecular flexibility index (Phi) is 4.79. The van der Waals surface area contributed by atoms with E-state index in [2.05, 4.69) is 4.74 Å². The van der Waals surface area contributed by atoms with Crippen molar-refractivity contribution in [2.75, 3.05) is 0 Å². The summed E-state index contributed by atoms with van der Waals surface area (Å²) >= 11 is 0. The van der Waals surface area contributed by atoms with Crippen LogP contribution in [0.4, 0.5) is 40.8 Å². The van der Waals surface area contributed by atoms with Gasteiger partial charge in [0.05, 0.1) is 10.5 Å². The van der Waals surface area contributed by atoms with Gasteiger partial charge in [-0.15, -0.1) is 0 Å². The van der Waals surface area contributed by atoms with E-state index in [9.17, 15) is 45.2 Å². The molecule has 0 aliphatic heterocycles. The number of nitro groups is 1. The standard InChI is InChI=1S/C14H5F8NO3/c15-9-3-6(13(17,18)19)4-10(16)12(9)26-7-1-2-11(23(24)25)8(5-7)14(20,21)22/h1-5H. The van der Waals surface area contributed by atoms with Crippen molar-refractivity contribution < 1.29 is 44.8 Å². The van der Waals surface area contributed by atoms with Crippen molar-refractivity contribution in [2.24, 2.45) is 0 Å². The van der Waals surface area contributed by atoms with E-state index in [0.717, 1.165) is 0 Å². The summed E-state index contributed by atoms with van der Waals surface area (Å²) in [5, 5.41) is 10.6. The Hall–Kier alpha value is -2.92. The van der Waals surface area contributed by atoms with Gasteiger partial charge < -0.3 is 4.74 Å². The van der Waals surface area contributed by atoms with E-state index in [0.29, 0.717) is 12.1 Å². The van der Waals surface area contributed by atoms with E-state index in [4.69, 9.17) is 0 Å². The first-order chi connectivity index (χ1) is 11.8. The fraction of sp³-hybridized carbons (Fsp3) is 0.143. The van der Waals surface area contributed by atoms with E-state index in [-0.39, 0.29) is 18.2 Å². The average Bonchev–Trinajstić information content (AvgIpc) is 2.48. The summed E-state index contributed by atoms with van der Waals surface area (Å²) in [6.45, 7) is 0. The third-order valence-corrected chi connectivity index (χ3v) is 3.02. The topological polar surface area (TPSA) is 52.4 Å². The lowest BCUT2D eigenvalue weighted by Crippen LogP contribution is -2.09. The third kappa shape index (κ3) is 4.00. The van der Waals surface area contributed by atoms with Gasteiger partial charge in [0.15, 0.2) is 17.4 Å². The van der Waals surface area contributed by atoms with Crippen LogP contribution in [0.5, 0.6) is 11.5 Å². The van der Waals surface area contributed by atoms with Gasteiger partial charge in [0.25, 0.3) is 5.69 Å². The molecular weight excluding hydrogens is 382 g/mol. The van der Waals surface area contributed by atoms with Gasteiger partial charge in [-0.05, 0) is 24.3 Å². The number of hydrogen-bond donors (Lipinski definition) is 0. The van der Waals surface area contributed by atoms with Gasteiger partial charge >= 0.3 is 12.4 Å². The maximum absolute atomic E-state index is 13.7. The third-order valence-electron chi connectivity index (χ3n) is 3.02. The molecule has 0 saturated carbocycles. The molecular formula is C14H5F8NO3. The molecule has 0 bridgehead atoms. The van der Waals surface area contributed by atoms with Crippen molar-refractivity contribution >= 4 is 5.69 Å². The quantitative estimate of drug-likeness (QED) is 0.386. The van der Waals surface area contributed by atoms with E-state index < -0.39 is 57.2 Å². The van der Waals surface area contributed by atoms with Gasteiger partial charge in [-0.3, -0.25) is 10.1 Å². The van der Waals surface area contributed by atoms with E-state index in [1.807, 2.05) is 0 Å². The molecule has 0 atom stereocenters. The van der Waals surface area contributed by atoms with Gasteiger partial charge in [0.2, 0.25) is 0 Å². The number of rotatable bonds is 3. The van der Waals surface area contributed by atoms with Crippen LogP contribution in [-0.4, -0.2) is 4.92 Å². The lowest BCUT2D eigenvalue weighted by Gasteiger charge is -2.13. The van der Waals surface area contributed by atoms with Crippen molar-refractivity contribution in [1.82, 2.24) is 0 Å². The van der Waals surface area contributed by atoms with Crippen LogP contribution < -0.4 is 4.74 Å². The van der Waals surface area contributed by atoms with Gasteiger partial charge in [-0.25, -0.2) is 8.78 Å². The molecule has 0 aromatic heterocycles. The summed E-state index contributed by atoms with van der Waals surface area (Å²) in [5.74, 6) is -5.88. The largest absolute Gasteiger partial charge is 0.451 e. The Morgan fingerprint density at radius 1 is 0.885 bits per heavy atom. The number of nitrogens with zero attached hydrogens (tertiary/aromatic N) is 1. The Morgan fingerprint density at radius 3 is 1.85 bits per heavy atom. The second-order valence-electron chi connectivity index (χ2n) is 4.80. The highest BCUT2D eigenvalue weighted by molar-refractivity contribution is 5.48. The maximum Gasteiger partial charge on any atom is 0.423 e. The molecule has 2 aromatic rings. The zero-order chi connectivity index (χ0) is 19.9. The van der Waals surface area contributed by atoms with Crippen molar-refractivity contribution in [3.8, 4) is 11.5 Å². The first-order valence-corrected chi connectivity index (χ1v) is 6.40. The van der Waals surface area contributed by atoms with Crippen LogP contribution >= 0.6 is 0 Å². The van der Waals surface area contributed by atoms with Crippen molar-refractivity contribution in [2.45, 2.75) is 12.4 Å². The molecule has 0 spiro atoms. The highest BCUT2D eigenvalue weighted by Gasteiger charge is 2.39. The number of halogens is 8. The van der Waals surface area contributed by atoms with Gasteiger partial charge in [0, 0.05) is 6.07 Å². The fourth-order valence-corrected chi connectivity index (χ4v) is 1.90. The zero-order valence-corrected chi connectivity index (χ0v) is 12.1. The summed E-state index contributed by atoms with van der Waals surface area (Å²) in [6, 6.07) is 0.902. The van der Waals surface area contributed by atoms with Crippen LogP contribution in [0.1, 0.15) is 11.1 Å². The molecule has 0 aliphatic carbocycles. The van der Waals surface area contributed by atoms with Gasteiger partial charge in [-0.2, -0.15) is 26.3 Å². The zero-order valence-electron chi connectivity index (χ0n) is 12.1. The predicted octanol–water partition coefficient (Wildman–Crippen LogP) is 5.70. The Morgan fingerprint density at radius 2 is 1.42 bits per heavy atom. The van der Waals surface area contributed by atoms with Crippen molar-refractivity contribution in [1.29, 1.82) is 0 Å². The summed E-state index contributed by atoms with van der Waals surface area (Å²) in [4.78, 5) is 9.29. The van der Waals surface area contributed by atoms with Crippen LogP contribution in [-0.2, 0) is 12.4 Å².